The number of piperidine rings is 1. The Morgan fingerprint density at radius 1 is 0.830 bits per heavy atom. The fourth-order valence-electron chi connectivity index (χ4n) is 7.31. The quantitative estimate of drug-likeness (QED) is 0.152. The number of rotatable bonds is 13. The number of nitrogens with one attached hydrogen (secondary N) is 1. The highest BCUT2D eigenvalue weighted by molar-refractivity contribution is 6.30. The van der Waals surface area contributed by atoms with Crippen LogP contribution in [0.4, 0.5) is 13.6 Å². The Labute approximate surface area is 315 Å². The molecule has 280 valence electrons. The minimum Gasteiger partial charge on any atom is -0.493 e. The number of halogens is 3. The zero-order chi connectivity index (χ0) is 37.2. The van der Waals surface area contributed by atoms with Gasteiger partial charge < -0.3 is 24.6 Å². The van der Waals surface area contributed by atoms with E-state index in [2.05, 4.69) is 15.1 Å². The molecule has 0 bridgehead atoms. The summed E-state index contributed by atoms with van der Waals surface area (Å²) in [5, 5.41) is 3.04. The van der Waals surface area contributed by atoms with Crippen molar-refractivity contribution in [3.63, 3.8) is 0 Å². The van der Waals surface area contributed by atoms with Crippen LogP contribution in [-0.4, -0.2) is 85.2 Å². The lowest BCUT2D eigenvalue weighted by molar-refractivity contribution is -0.137. The highest BCUT2D eigenvalue weighted by Crippen LogP contribution is 2.31. The van der Waals surface area contributed by atoms with Gasteiger partial charge in [-0.3, -0.25) is 9.69 Å². The molecule has 4 aromatic rings. The van der Waals surface area contributed by atoms with Gasteiger partial charge in [0, 0.05) is 44.8 Å². The third kappa shape index (κ3) is 9.93. The van der Waals surface area contributed by atoms with Crippen LogP contribution >= 0.6 is 11.6 Å². The second-order valence-corrected chi connectivity index (χ2v) is 14.0. The Kier molecular flexibility index (Phi) is 13.3. The van der Waals surface area contributed by atoms with E-state index in [0.717, 1.165) is 16.7 Å². The van der Waals surface area contributed by atoms with Gasteiger partial charge in [0.25, 0.3) is 0 Å². The maximum absolute atomic E-state index is 15.4. The molecule has 53 heavy (non-hydrogen) atoms. The number of amides is 2. The zero-order valence-corrected chi connectivity index (χ0v) is 30.9. The van der Waals surface area contributed by atoms with E-state index in [-0.39, 0.29) is 29.3 Å². The summed E-state index contributed by atoms with van der Waals surface area (Å²) in [5.41, 5.74) is 3.71. The molecule has 0 radical (unpaired) electrons. The molecule has 0 saturated carbocycles. The summed E-state index contributed by atoms with van der Waals surface area (Å²) in [4.78, 5) is 33.5. The molecule has 0 unspecified atom stereocenters. The van der Waals surface area contributed by atoms with Crippen molar-refractivity contribution in [2.75, 3.05) is 52.4 Å². The van der Waals surface area contributed by atoms with Gasteiger partial charge in [0.15, 0.2) is 0 Å². The van der Waals surface area contributed by atoms with E-state index in [0.29, 0.717) is 95.1 Å². The van der Waals surface area contributed by atoms with Crippen molar-refractivity contribution in [2.24, 2.45) is 5.92 Å². The second kappa shape index (κ2) is 18.5. The molecule has 8 nitrogen and oxygen atoms in total. The number of hydrogen-bond donors (Lipinski definition) is 1. The number of carbonyl (C=O) groups excluding carboxylic acids is 2. The molecule has 11 heteroatoms. The molecule has 2 fully saturated rings. The van der Waals surface area contributed by atoms with Gasteiger partial charge in [-0.25, -0.2) is 13.6 Å². The van der Waals surface area contributed by atoms with Crippen molar-refractivity contribution >= 4 is 23.6 Å². The first-order valence-electron chi connectivity index (χ1n) is 18.4. The van der Waals surface area contributed by atoms with Crippen LogP contribution < -0.4 is 10.1 Å². The Hall–Kier alpha value is -4.51. The second-order valence-electron chi connectivity index (χ2n) is 13.6. The van der Waals surface area contributed by atoms with Crippen molar-refractivity contribution in [1.82, 2.24) is 20.0 Å². The number of carbonyl (C=O) groups is 2. The highest BCUT2D eigenvalue weighted by Gasteiger charge is 2.37. The van der Waals surface area contributed by atoms with Crippen molar-refractivity contribution < 1.29 is 27.8 Å². The number of piperazine rings is 1. The third-order valence-electron chi connectivity index (χ3n) is 10.3. The average Bonchev–Trinajstić information content (AvgIpc) is 3.19. The van der Waals surface area contributed by atoms with Crippen molar-refractivity contribution in [3.05, 3.63) is 124 Å². The molecular weight excluding hydrogens is 698 g/mol. The van der Waals surface area contributed by atoms with Gasteiger partial charge in [-0.15, -0.1) is 0 Å². The normalized spacial score (nSPS) is 16.3. The summed E-state index contributed by atoms with van der Waals surface area (Å²) in [7, 11) is 0. The predicted octanol–water partition coefficient (Wildman–Crippen LogP) is 7.58. The molecular formula is C42H47ClF2N4O4. The lowest BCUT2D eigenvalue weighted by atomic mass is 9.88. The van der Waals surface area contributed by atoms with Gasteiger partial charge in [0.2, 0.25) is 5.91 Å². The molecule has 1 N–H and O–H groups in total. The van der Waals surface area contributed by atoms with E-state index in [1.54, 1.807) is 23.1 Å². The minimum absolute atomic E-state index is 0.0928. The molecule has 2 saturated heterocycles. The largest absolute Gasteiger partial charge is 0.493 e. The first kappa shape index (κ1) is 38.2. The van der Waals surface area contributed by atoms with E-state index < -0.39 is 18.0 Å². The van der Waals surface area contributed by atoms with Crippen LogP contribution in [0.3, 0.4) is 0 Å². The fraction of sp³-hybridized carbons (Fsp3) is 0.381. The van der Waals surface area contributed by atoms with Crippen LogP contribution in [0.5, 0.6) is 5.75 Å². The number of likely N-dealkylation sites (tertiary alicyclic amines) is 1. The van der Waals surface area contributed by atoms with Gasteiger partial charge in [-0.05, 0) is 85.6 Å². The molecule has 2 heterocycles. The van der Waals surface area contributed by atoms with Gasteiger partial charge in [0.1, 0.15) is 30.0 Å². The van der Waals surface area contributed by atoms with Gasteiger partial charge in [-0.2, -0.15) is 0 Å². The molecule has 0 aromatic heterocycles. The summed E-state index contributed by atoms with van der Waals surface area (Å²) >= 11 is 6.22. The Balaban J connectivity index is 1.09. The molecule has 0 aliphatic carbocycles. The van der Waals surface area contributed by atoms with Gasteiger partial charge in [-0.1, -0.05) is 84.4 Å². The smallest absolute Gasteiger partial charge is 0.408 e. The summed E-state index contributed by atoms with van der Waals surface area (Å²) < 4.78 is 41.4. The molecule has 1 atom stereocenters. The SMILES string of the molecule is CCOc1cccc(F)c1CN1CCN(C(=O)[C@H](NC(=O)OCc2ccccc2)C2CCN(CCc3c(-c4ccccc4)ccc(Cl)c3F)CC2)CC1. The Morgan fingerprint density at radius 3 is 2.23 bits per heavy atom. The molecule has 4 aromatic carbocycles. The van der Waals surface area contributed by atoms with E-state index in [1.807, 2.05) is 73.7 Å². The lowest BCUT2D eigenvalue weighted by Gasteiger charge is -2.40. The average molecular weight is 745 g/mol. The first-order valence-corrected chi connectivity index (χ1v) is 18.8. The molecule has 6 rings (SSSR count). The van der Waals surface area contributed by atoms with Crippen LogP contribution in [0.1, 0.15) is 36.5 Å². The summed E-state index contributed by atoms with van der Waals surface area (Å²) in [6, 6.07) is 26.7. The summed E-state index contributed by atoms with van der Waals surface area (Å²) in [6.45, 7) is 6.80. The summed E-state index contributed by atoms with van der Waals surface area (Å²) in [6.07, 6.45) is 1.19. The number of ether oxygens (including phenoxy) is 2. The Bertz CT molecular complexity index is 1820. The van der Waals surface area contributed by atoms with Crippen molar-refractivity contribution in [2.45, 2.75) is 45.4 Å². The van der Waals surface area contributed by atoms with E-state index >= 15 is 4.39 Å². The number of nitrogens with zero attached hydrogens (tertiary/aromatic N) is 3. The fourth-order valence-corrected chi connectivity index (χ4v) is 7.48. The lowest BCUT2D eigenvalue weighted by Crippen LogP contribution is -2.58. The topological polar surface area (TPSA) is 74.3 Å². The van der Waals surface area contributed by atoms with Crippen molar-refractivity contribution in [3.8, 4) is 16.9 Å². The van der Waals surface area contributed by atoms with Crippen LogP contribution in [0, 0.1) is 17.6 Å². The summed E-state index contributed by atoms with van der Waals surface area (Å²) in [5.74, 6) is -0.431. The predicted molar refractivity (Wildman–Crippen MR) is 203 cm³/mol. The van der Waals surface area contributed by atoms with Gasteiger partial charge in [0.05, 0.1) is 11.6 Å². The molecule has 2 amide bonds. The van der Waals surface area contributed by atoms with Crippen LogP contribution in [0.15, 0.2) is 91.0 Å². The highest BCUT2D eigenvalue weighted by atomic mass is 35.5. The molecule has 0 spiro atoms. The van der Waals surface area contributed by atoms with Crippen LogP contribution in [-0.2, 0) is 29.1 Å². The van der Waals surface area contributed by atoms with E-state index in [9.17, 15) is 14.0 Å². The number of hydrogen-bond acceptors (Lipinski definition) is 6. The van der Waals surface area contributed by atoms with Crippen LogP contribution in [0.2, 0.25) is 5.02 Å². The molecule has 2 aliphatic heterocycles. The minimum atomic E-state index is -0.766. The van der Waals surface area contributed by atoms with Gasteiger partial charge >= 0.3 is 6.09 Å². The number of benzene rings is 4. The van der Waals surface area contributed by atoms with E-state index in [1.165, 1.54) is 6.07 Å². The maximum Gasteiger partial charge on any atom is 0.408 e. The third-order valence-corrected chi connectivity index (χ3v) is 10.5. The first-order chi connectivity index (χ1) is 25.8. The Morgan fingerprint density at radius 2 is 1.53 bits per heavy atom. The zero-order valence-electron chi connectivity index (χ0n) is 30.1. The molecule has 2 aliphatic rings. The van der Waals surface area contributed by atoms with E-state index in [4.69, 9.17) is 21.1 Å². The maximum atomic E-state index is 15.4. The monoisotopic (exact) mass is 744 g/mol. The standard InChI is InChI=1S/C42H47ClF2N4O4/c1-2-52-38-15-9-14-37(44)35(38)28-48-24-26-49(27-25-48)41(50)40(46-42(51)53-29-30-10-5-3-6-11-30)32-18-21-47(22-19-32)23-20-34-33(16-17-36(43)39(34)45)31-12-7-4-8-13-31/h3-17,32,40H,2,18-29H2,1H3,(H,46,51)/t40-/m1/s1. The number of alkyl carbamates (subject to hydrolysis) is 1. The van der Waals surface area contributed by atoms with Crippen LogP contribution in [0.25, 0.3) is 11.1 Å². The van der Waals surface area contributed by atoms with Crippen molar-refractivity contribution in [1.29, 1.82) is 0 Å².